The monoisotopic (exact) mass is 321 g/mol. The normalized spacial score (nSPS) is 14.4. The number of halogens is 1. The van der Waals surface area contributed by atoms with Crippen LogP contribution in [0.2, 0.25) is 0 Å². The number of nitrogens with zero attached hydrogens (tertiary/aromatic N) is 3. The summed E-state index contributed by atoms with van der Waals surface area (Å²) in [5, 5.41) is 0.976. The average molecular weight is 321 g/mol. The average Bonchev–Trinajstić information content (AvgIpc) is 2.57. The van der Waals surface area contributed by atoms with Crippen LogP contribution in [-0.2, 0) is 0 Å². The molecule has 0 N–H and O–H groups in total. The molecule has 0 spiro atoms. The zero-order valence-electron chi connectivity index (χ0n) is 13.0. The molecule has 0 aliphatic heterocycles. The SMILES string of the molecule is O=C(c1cncc(F)c1)N(c1cccc2cccnc12)C1CCC1. The second-order valence-corrected chi connectivity index (χ2v) is 6.00. The third kappa shape index (κ3) is 2.52. The van der Waals surface area contributed by atoms with Crippen molar-refractivity contribution in [1.29, 1.82) is 0 Å². The van der Waals surface area contributed by atoms with Gasteiger partial charge in [-0.1, -0.05) is 18.2 Å². The number of carbonyl (C=O) groups excluding carboxylic acids is 1. The summed E-state index contributed by atoms with van der Waals surface area (Å²) in [6, 6.07) is 11.0. The van der Waals surface area contributed by atoms with E-state index in [1.54, 1.807) is 11.1 Å². The Balaban J connectivity index is 1.83. The molecule has 1 fully saturated rings. The van der Waals surface area contributed by atoms with Crippen LogP contribution in [0.1, 0.15) is 29.6 Å². The van der Waals surface area contributed by atoms with Crippen LogP contribution in [0.15, 0.2) is 55.0 Å². The first-order valence-electron chi connectivity index (χ1n) is 8.02. The molecule has 4 nitrogen and oxygen atoms in total. The Bertz CT molecular complexity index is 903. The maximum absolute atomic E-state index is 13.5. The standard InChI is InChI=1S/C19H16FN3O/c20-15-10-14(11-21-12-15)19(24)23(16-6-2-7-16)17-8-1-4-13-5-3-9-22-18(13)17/h1,3-5,8-12,16H,2,6-7H2. The van der Waals surface area contributed by atoms with Crippen molar-refractivity contribution in [3.05, 3.63) is 66.4 Å². The fraction of sp³-hybridized carbons (Fsp3) is 0.211. The highest BCUT2D eigenvalue weighted by atomic mass is 19.1. The number of benzene rings is 1. The van der Waals surface area contributed by atoms with Gasteiger partial charge in [-0.2, -0.15) is 0 Å². The van der Waals surface area contributed by atoms with Gasteiger partial charge in [0.05, 0.1) is 23.0 Å². The molecular weight excluding hydrogens is 305 g/mol. The van der Waals surface area contributed by atoms with Gasteiger partial charge in [0.2, 0.25) is 0 Å². The number of rotatable bonds is 3. The first kappa shape index (κ1) is 14.8. The first-order valence-corrected chi connectivity index (χ1v) is 8.02. The topological polar surface area (TPSA) is 46.1 Å². The van der Waals surface area contributed by atoms with Gasteiger partial charge in [0.1, 0.15) is 5.82 Å². The van der Waals surface area contributed by atoms with Gasteiger partial charge in [0.15, 0.2) is 0 Å². The summed E-state index contributed by atoms with van der Waals surface area (Å²) in [7, 11) is 0. The Morgan fingerprint density at radius 1 is 1.17 bits per heavy atom. The van der Waals surface area contributed by atoms with Crippen LogP contribution in [-0.4, -0.2) is 21.9 Å². The Morgan fingerprint density at radius 2 is 2.00 bits per heavy atom. The molecule has 5 heteroatoms. The molecule has 0 bridgehead atoms. The molecule has 0 radical (unpaired) electrons. The molecule has 1 saturated carbocycles. The van der Waals surface area contributed by atoms with Crippen molar-refractivity contribution in [2.75, 3.05) is 4.90 Å². The van der Waals surface area contributed by atoms with E-state index in [4.69, 9.17) is 0 Å². The van der Waals surface area contributed by atoms with E-state index in [2.05, 4.69) is 9.97 Å². The van der Waals surface area contributed by atoms with Gasteiger partial charge in [-0.15, -0.1) is 0 Å². The lowest BCUT2D eigenvalue weighted by Crippen LogP contribution is -2.44. The van der Waals surface area contributed by atoms with Gasteiger partial charge >= 0.3 is 0 Å². The molecule has 1 amide bonds. The minimum Gasteiger partial charge on any atom is -0.303 e. The van der Waals surface area contributed by atoms with Crippen molar-refractivity contribution < 1.29 is 9.18 Å². The molecule has 120 valence electrons. The smallest absolute Gasteiger partial charge is 0.260 e. The summed E-state index contributed by atoms with van der Waals surface area (Å²) < 4.78 is 13.5. The molecule has 0 atom stereocenters. The Labute approximate surface area is 139 Å². The van der Waals surface area contributed by atoms with Crippen LogP contribution in [0, 0.1) is 5.82 Å². The molecule has 1 aromatic carbocycles. The lowest BCUT2D eigenvalue weighted by molar-refractivity contribution is 0.0963. The van der Waals surface area contributed by atoms with E-state index in [-0.39, 0.29) is 17.5 Å². The van der Waals surface area contributed by atoms with Crippen LogP contribution < -0.4 is 4.90 Å². The Hall–Kier alpha value is -2.82. The molecule has 0 saturated heterocycles. The molecular formula is C19H16FN3O. The number of amides is 1. The van der Waals surface area contributed by atoms with E-state index in [9.17, 15) is 9.18 Å². The molecule has 1 aliphatic rings. The summed E-state index contributed by atoms with van der Waals surface area (Å²) in [4.78, 5) is 23.1. The third-order valence-corrected chi connectivity index (χ3v) is 4.48. The van der Waals surface area contributed by atoms with E-state index in [1.807, 2.05) is 30.3 Å². The number of anilines is 1. The van der Waals surface area contributed by atoms with Crippen molar-refractivity contribution in [3.63, 3.8) is 0 Å². The highest BCUT2D eigenvalue weighted by Crippen LogP contribution is 2.34. The molecule has 2 heterocycles. The summed E-state index contributed by atoms with van der Waals surface area (Å²) in [5.74, 6) is -0.740. The second-order valence-electron chi connectivity index (χ2n) is 6.00. The maximum atomic E-state index is 13.5. The highest BCUT2D eigenvalue weighted by Gasteiger charge is 2.32. The predicted octanol–water partition coefficient (Wildman–Crippen LogP) is 3.97. The Kier molecular flexibility index (Phi) is 3.69. The predicted molar refractivity (Wildman–Crippen MR) is 90.4 cm³/mol. The van der Waals surface area contributed by atoms with Crippen molar-refractivity contribution in [2.45, 2.75) is 25.3 Å². The van der Waals surface area contributed by atoms with E-state index in [0.29, 0.717) is 0 Å². The fourth-order valence-electron chi connectivity index (χ4n) is 3.07. The molecule has 1 aliphatic carbocycles. The zero-order chi connectivity index (χ0) is 16.5. The molecule has 4 rings (SSSR count). The summed E-state index contributed by atoms with van der Waals surface area (Å²) >= 11 is 0. The molecule has 2 aromatic heterocycles. The lowest BCUT2D eigenvalue weighted by Gasteiger charge is -2.37. The second kappa shape index (κ2) is 6.00. The fourth-order valence-corrected chi connectivity index (χ4v) is 3.07. The van der Waals surface area contributed by atoms with Crippen LogP contribution >= 0.6 is 0 Å². The summed E-state index contributed by atoms with van der Waals surface area (Å²) in [6.45, 7) is 0. The number of carbonyl (C=O) groups is 1. The summed E-state index contributed by atoms with van der Waals surface area (Å²) in [6.07, 6.45) is 7.21. The summed E-state index contributed by atoms with van der Waals surface area (Å²) in [5.41, 5.74) is 1.81. The number of hydrogen-bond donors (Lipinski definition) is 0. The highest BCUT2D eigenvalue weighted by molar-refractivity contribution is 6.10. The van der Waals surface area contributed by atoms with Gasteiger partial charge < -0.3 is 4.90 Å². The van der Waals surface area contributed by atoms with E-state index >= 15 is 0 Å². The van der Waals surface area contributed by atoms with Crippen LogP contribution in [0.5, 0.6) is 0 Å². The van der Waals surface area contributed by atoms with Gasteiger partial charge in [0.25, 0.3) is 5.91 Å². The lowest BCUT2D eigenvalue weighted by atomic mass is 9.90. The van der Waals surface area contributed by atoms with Gasteiger partial charge in [-0.25, -0.2) is 4.39 Å². The largest absolute Gasteiger partial charge is 0.303 e. The van der Waals surface area contributed by atoms with Gasteiger partial charge in [-0.05, 0) is 37.5 Å². The van der Waals surface area contributed by atoms with Crippen molar-refractivity contribution in [3.8, 4) is 0 Å². The number of fused-ring (bicyclic) bond motifs is 1. The van der Waals surface area contributed by atoms with Crippen molar-refractivity contribution >= 4 is 22.5 Å². The maximum Gasteiger partial charge on any atom is 0.260 e. The number of para-hydroxylation sites is 1. The molecule has 3 aromatic rings. The number of pyridine rings is 2. The van der Waals surface area contributed by atoms with Gasteiger partial charge in [-0.3, -0.25) is 14.8 Å². The van der Waals surface area contributed by atoms with Crippen LogP contribution in [0.4, 0.5) is 10.1 Å². The van der Waals surface area contributed by atoms with E-state index in [1.165, 1.54) is 12.3 Å². The van der Waals surface area contributed by atoms with E-state index in [0.717, 1.165) is 42.0 Å². The van der Waals surface area contributed by atoms with Gasteiger partial charge in [0, 0.05) is 23.8 Å². The number of hydrogen-bond acceptors (Lipinski definition) is 3. The molecule has 24 heavy (non-hydrogen) atoms. The van der Waals surface area contributed by atoms with E-state index < -0.39 is 5.82 Å². The van der Waals surface area contributed by atoms with Crippen LogP contribution in [0.25, 0.3) is 10.9 Å². The third-order valence-electron chi connectivity index (χ3n) is 4.48. The first-order chi connectivity index (χ1) is 11.7. The number of aromatic nitrogens is 2. The zero-order valence-corrected chi connectivity index (χ0v) is 13.0. The van der Waals surface area contributed by atoms with Crippen molar-refractivity contribution in [1.82, 2.24) is 9.97 Å². The quantitative estimate of drug-likeness (QED) is 0.733. The van der Waals surface area contributed by atoms with Crippen LogP contribution in [0.3, 0.4) is 0 Å². The molecule has 0 unspecified atom stereocenters. The van der Waals surface area contributed by atoms with Crippen molar-refractivity contribution in [2.24, 2.45) is 0 Å². The Morgan fingerprint density at radius 3 is 2.75 bits per heavy atom. The minimum absolute atomic E-state index is 0.119. The minimum atomic E-state index is -0.509.